The highest BCUT2D eigenvalue weighted by Crippen LogP contribution is 2.44. The van der Waals surface area contributed by atoms with E-state index in [1.165, 1.54) is 34.4 Å². The number of methoxy groups -OCH3 is 1. The SMILES string of the molecule is COc1cc2nc3c(cc2c(CN2CCCC2)c1O)CSc1ccc(C)cc1-3. The van der Waals surface area contributed by atoms with Crippen LogP contribution < -0.4 is 4.74 Å². The Balaban J connectivity index is 1.71. The van der Waals surface area contributed by atoms with Crippen LogP contribution in [0.2, 0.25) is 0 Å². The third kappa shape index (κ3) is 2.93. The molecule has 0 saturated carbocycles. The van der Waals surface area contributed by atoms with E-state index in [1.807, 2.05) is 17.8 Å². The molecule has 0 aliphatic carbocycles. The summed E-state index contributed by atoms with van der Waals surface area (Å²) in [5.41, 5.74) is 6.58. The van der Waals surface area contributed by atoms with Gasteiger partial charge in [0.25, 0.3) is 0 Å². The van der Waals surface area contributed by atoms with Crippen LogP contribution in [0.15, 0.2) is 35.2 Å². The van der Waals surface area contributed by atoms with E-state index < -0.39 is 0 Å². The zero-order valence-corrected chi connectivity index (χ0v) is 17.1. The van der Waals surface area contributed by atoms with Crippen LogP contribution in [-0.2, 0) is 12.3 Å². The standard InChI is InChI=1S/C23H24N2O2S/c1-14-5-6-21-17(9-14)22-15(13-28-21)10-16-18(12-25-7-3-4-8-25)23(26)20(27-2)11-19(16)24-22/h5-6,9-11,26H,3-4,7-8,12-13H2,1-2H3. The molecule has 1 N–H and O–H groups in total. The Kier molecular flexibility index (Phi) is 4.44. The Morgan fingerprint density at radius 1 is 1.18 bits per heavy atom. The lowest BCUT2D eigenvalue weighted by molar-refractivity contribution is 0.319. The number of rotatable bonds is 3. The first-order valence-corrected chi connectivity index (χ1v) is 10.8. The highest BCUT2D eigenvalue weighted by Gasteiger charge is 2.23. The molecular formula is C23H24N2O2S. The molecule has 0 amide bonds. The number of thioether (sulfide) groups is 1. The number of aromatic nitrogens is 1. The van der Waals surface area contributed by atoms with Crippen LogP contribution in [0.3, 0.4) is 0 Å². The van der Waals surface area contributed by atoms with E-state index in [9.17, 15) is 5.11 Å². The maximum Gasteiger partial charge on any atom is 0.163 e. The second kappa shape index (κ2) is 6.98. The molecule has 3 aromatic rings. The van der Waals surface area contributed by atoms with E-state index in [1.54, 1.807) is 7.11 Å². The first-order valence-electron chi connectivity index (χ1n) is 9.82. The van der Waals surface area contributed by atoms with E-state index in [-0.39, 0.29) is 5.75 Å². The van der Waals surface area contributed by atoms with Gasteiger partial charge in [-0.25, -0.2) is 4.98 Å². The summed E-state index contributed by atoms with van der Waals surface area (Å²) in [4.78, 5) is 8.75. The number of hydrogen-bond donors (Lipinski definition) is 1. The number of phenols is 1. The summed E-state index contributed by atoms with van der Waals surface area (Å²) < 4.78 is 5.48. The zero-order chi connectivity index (χ0) is 19.3. The van der Waals surface area contributed by atoms with Crippen molar-refractivity contribution in [3.63, 3.8) is 0 Å². The smallest absolute Gasteiger partial charge is 0.163 e. The molecule has 3 heterocycles. The number of phenolic OH excluding ortho intramolecular Hbond substituents is 1. The Bertz CT molecular complexity index is 1070. The fourth-order valence-electron chi connectivity index (χ4n) is 4.32. The minimum atomic E-state index is 0.253. The second-order valence-electron chi connectivity index (χ2n) is 7.74. The van der Waals surface area contributed by atoms with Gasteiger partial charge in [-0.3, -0.25) is 4.90 Å². The average Bonchev–Trinajstić information content (AvgIpc) is 3.22. The molecule has 1 aromatic heterocycles. The van der Waals surface area contributed by atoms with Gasteiger partial charge in [0.15, 0.2) is 11.5 Å². The summed E-state index contributed by atoms with van der Waals surface area (Å²) in [5, 5.41) is 11.9. The molecule has 1 fully saturated rings. The maximum absolute atomic E-state index is 10.9. The summed E-state index contributed by atoms with van der Waals surface area (Å²) in [6.45, 7) is 5.02. The lowest BCUT2D eigenvalue weighted by Gasteiger charge is -2.22. The summed E-state index contributed by atoms with van der Waals surface area (Å²) >= 11 is 1.86. The van der Waals surface area contributed by atoms with Crippen molar-refractivity contribution in [2.75, 3.05) is 20.2 Å². The van der Waals surface area contributed by atoms with Crippen molar-refractivity contribution in [2.45, 2.75) is 37.0 Å². The van der Waals surface area contributed by atoms with E-state index in [0.29, 0.717) is 5.75 Å². The highest BCUT2D eigenvalue weighted by atomic mass is 32.2. The Morgan fingerprint density at radius 2 is 2.00 bits per heavy atom. The van der Waals surface area contributed by atoms with Gasteiger partial charge in [0.1, 0.15) is 0 Å². The molecule has 0 atom stereocenters. The number of nitrogens with zero attached hydrogens (tertiary/aromatic N) is 2. The molecule has 2 aliphatic rings. The topological polar surface area (TPSA) is 45.6 Å². The number of pyridine rings is 1. The van der Waals surface area contributed by atoms with E-state index in [2.05, 4.69) is 36.1 Å². The normalized spacial score (nSPS) is 16.2. The molecule has 0 unspecified atom stereocenters. The lowest BCUT2D eigenvalue weighted by atomic mass is 9.99. The Hall–Kier alpha value is -2.24. The van der Waals surface area contributed by atoms with Crippen molar-refractivity contribution >= 4 is 22.7 Å². The number of ether oxygens (including phenoxy) is 1. The molecule has 5 rings (SSSR count). The van der Waals surface area contributed by atoms with Gasteiger partial charge in [-0.05, 0) is 56.6 Å². The third-order valence-electron chi connectivity index (χ3n) is 5.82. The molecule has 0 bridgehead atoms. The van der Waals surface area contributed by atoms with Gasteiger partial charge in [-0.1, -0.05) is 11.6 Å². The van der Waals surface area contributed by atoms with Gasteiger partial charge >= 0.3 is 0 Å². The van der Waals surface area contributed by atoms with Gasteiger partial charge in [0, 0.05) is 39.8 Å². The van der Waals surface area contributed by atoms with Crippen LogP contribution in [-0.4, -0.2) is 35.2 Å². The van der Waals surface area contributed by atoms with Gasteiger partial charge in [-0.15, -0.1) is 11.8 Å². The first kappa shape index (κ1) is 17.8. The van der Waals surface area contributed by atoms with Crippen LogP contribution in [0, 0.1) is 6.92 Å². The number of fused-ring (bicyclic) bond motifs is 4. The van der Waals surface area contributed by atoms with Gasteiger partial charge in [-0.2, -0.15) is 0 Å². The van der Waals surface area contributed by atoms with Crippen LogP contribution in [0.1, 0.15) is 29.5 Å². The average molecular weight is 393 g/mol. The minimum Gasteiger partial charge on any atom is -0.504 e. The van der Waals surface area contributed by atoms with Crippen molar-refractivity contribution in [2.24, 2.45) is 0 Å². The van der Waals surface area contributed by atoms with Crippen molar-refractivity contribution in [1.29, 1.82) is 0 Å². The van der Waals surface area contributed by atoms with Crippen molar-refractivity contribution < 1.29 is 9.84 Å². The van der Waals surface area contributed by atoms with Gasteiger partial charge < -0.3 is 9.84 Å². The molecular weight excluding hydrogens is 368 g/mol. The monoisotopic (exact) mass is 392 g/mol. The number of aromatic hydroxyl groups is 1. The van der Waals surface area contributed by atoms with E-state index in [4.69, 9.17) is 9.72 Å². The van der Waals surface area contributed by atoms with Crippen LogP contribution >= 0.6 is 11.8 Å². The molecule has 2 aromatic carbocycles. The summed E-state index contributed by atoms with van der Waals surface area (Å²) in [5.74, 6) is 1.66. The zero-order valence-electron chi connectivity index (χ0n) is 16.3. The van der Waals surface area contributed by atoms with Crippen molar-refractivity contribution in [1.82, 2.24) is 9.88 Å². The predicted octanol–water partition coefficient (Wildman–Crippen LogP) is 5.13. The lowest BCUT2D eigenvalue weighted by Crippen LogP contribution is -2.19. The Labute approximate surface area is 169 Å². The molecule has 2 aliphatic heterocycles. The number of hydrogen-bond acceptors (Lipinski definition) is 5. The summed E-state index contributed by atoms with van der Waals surface area (Å²) in [6, 6.07) is 10.7. The molecule has 0 spiro atoms. The van der Waals surface area contributed by atoms with E-state index in [0.717, 1.165) is 47.5 Å². The summed E-state index contributed by atoms with van der Waals surface area (Å²) in [7, 11) is 1.61. The Morgan fingerprint density at radius 3 is 2.79 bits per heavy atom. The van der Waals surface area contributed by atoms with Crippen molar-refractivity contribution in [3.8, 4) is 22.8 Å². The molecule has 28 heavy (non-hydrogen) atoms. The molecule has 5 heteroatoms. The fraction of sp³-hybridized carbons (Fsp3) is 0.348. The fourth-order valence-corrected chi connectivity index (χ4v) is 5.33. The van der Waals surface area contributed by atoms with Crippen LogP contribution in [0.4, 0.5) is 0 Å². The number of aryl methyl sites for hydroxylation is 1. The highest BCUT2D eigenvalue weighted by molar-refractivity contribution is 7.98. The van der Waals surface area contributed by atoms with E-state index >= 15 is 0 Å². The first-order chi connectivity index (χ1) is 13.6. The second-order valence-corrected chi connectivity index (χ2v) is 8.76. The maximum atomic E-state index is 10.9. The quantitative estimate of drug-likeness (QED) is 0.670. The number of likely N-dealkylation sites (tertiary alicyclic amines) is 1. The van der Waals surface area contributed by atoms with Gasteiger partial charge in [0.05, 0.1) is 18.3 Å². The van der Waals surface area contributed by atoms with Crippen LogP contribution in [0.25, 0.3) is 22.2 Å². The molecule has 144 valence electrons. The molecule has 0 radical (unpaired) electrons. The largest absolute Gasteiger partial charge is 0.504 e. The minimum absolute atomic E-state index is 0.253. The van der Waals surface area contributed by atoms with Crippen molar-refractivity contribution in [3.05, 3.63) is 47.0 Å². The number of benzene rings is 2. The van der Waals surface area contributed by atoms with Crippen LogP contribution in [0.5, 0.6) is 11.5 Å². The summed E-state index contributed by atoms with van der Waals surface area (Å²) in [6.07, 6.45) is 2.45. The molecule has 1 saturated heterocycles. The predicted molar refractivity (Wildman–Crippen MR) is 114 cm³/mol. The van der Waals surface area contributed by atoms with Gasteiger partial charge in [0.2, 0.25) is 0 Å². The third-order valence-corrected chi connectivity index (χ3v) is 6.94. The molecule has 4 nitrogen and oxygen atoms in total.